The molecule has 9 heteroatoms. The van der Waals surface area contributed by atoms with Crippen molar-refractivity contribution in [3.05, 3.63) is 18.2 Å². The van der Waals surface area contributed by atoms with E-state index in [1.54, 1.807) is 39.0 Å². The number of anilines is 2. The molecule has 27 heavy (non-hydrogen) atoms. The Balaban J connectivity index is 2.28. The van der Waals surface area contributed by atoms with Gasteiger partial charge in [-0.25, -0.2) is 9.59 Å². The lowest BCUT2D eigenvalue weighted by atomic mass is 9.78. The summed E-state index contributed by atoms with van der Waals surface area (Å²) in [6.45, 7) is 13.0. The van der Waals surface area contributed by atoms with Crippen molar-refractivity contribution in [2.45, 2.75) is 65.3 Å². The summed E-state index contributed by atoms with van der Waals surface area (Å²) in [6.07, 6.45) is -1.94. The van der Waals surface area contributed by atoms with Crippen LogP contribution < -0.4 is 16.1 Å². The summed E-state index contributed by atoms with van der Waals surface area (Å²) >= 11 is 0. The molecule has 0 aliphatic carbocycles. The predicted molar refractivity (Wildman–Crippen MR) is 104 cm³/mol. The van der Waals surface area contributed by atoms with Crippen LogP contribution in [0.4, 0.5) is 21.0 Å². The first-order valence-corrected chi connectivity index (χ1v) is 8.70. The number of carbonyl (C=O) groups is 2. The zero-order chi connectivity index (χ0) is 20.6. The van der Waals surface area contributed by atoms with Crippen molar-refractivity contribution in [2.24, 2.45) is 0 Å². The van der Waals surface area contributed by atoms with Crippen molar-refractivity contribution in [3.8, 4) is 0 Å². The van der Waals surface area contributed by atoms with Crippen LogP contribution in [0.15, 0.2) is 18.2 Å². The first-order chi connectivity index (χ1) is 12.2. The molecule has 8 nitrogen and oxygen atoms in total. The minimum atomic E-state index is -1.26. The molecule has 1 aromatic carbocycles. The van der Waals surface area contributed by atoms with E-state index >= 15 is 0 Å². The molecule has 0 spiro atoms. The smallest absolute Gasteiger partial charge is 0.465 e. The normalized spacial score (nSPS) is 18.1. The Morgan fingerprint density at radius 2 is 1.59 bits per heavy atom. The molecule has 0 aromatic heterocycles. The highest BCUT2D eigenvalue weighted by Gasteiger charge is 2.51. The van der Waals surface area contributed by atoms with Gasteiger partial charge in [0.25, 0.3) is 0 Å². The number of carbonyl (C=O) groups excluding carboxylic acids is 1. The Bertz CT molecular complexity index is 726. The molecule has 148 valence electrons. The van der Waals surface area contributed by atoms with Gasteiger partial charge in [-0.2, -0.15) is 0 Å². The molecule has 1 aliphatic heterocycles. The van der Waals surface area contributed by atoms with Crippen LogP contribution in [-0.4, -0.2) is 41.2 Å². The SMILES string of the molecule is CC(C)(C)OC(=O)Nc1ccc(B2OC(C)(C)C(C)(C)O2)cc1NC(=O)O. The second kappa shape index (κ2) is 7.05. The largest absolute Gasteiger partial charge is 0.494 e. The minimum Gasteiger partial charge on any atom is -0.465 e. The van der Waals surface area contributed by atoms with Gasteiger partial charge in [0.2, 0.25) is 0 Å². The van der Waals surface area contributed by atoms with Crippen LogP contribution in [0.5, 0.6) is 0 Å². The number of hydrogen-bond donors (Lipinski definition) is 3. The summed E-state index contributed by atoms with van der Waals surface area (Å²) in [7, 11) is -0.653. The quantitative estimate of drug-likeness (QED) is 0.696. The van der Waals surface area contributed by atoms with Gasteiger partial charge in [-0.05, 0) is 66.1 Å². The number of hydrogen-bond acceptors (Lipinski definition) is 5. The van der Waals surface area contributed by atoms with Crippen molar-refractivity contribution in [1.29, 1.82) is 0 Å². The van der Waals surface area contributed by atoms with Gasteiger partial charge < -0.3 is 19.2 Å². The summed E-state index contributed by atoms with van der Waals surface area (Å²) in [5.74, 6) is 0. The highest BCUT2D eigenvalue weighted by atomic mass is 16.7. The Morgan fingerprint density at radius 3 is 2.07 bits per heavy atom. The number of nitrogens with one attached hydrogen (secondary N) is 2. The van der Waals surface area contributed by atoms with E-state index in [1.807, 2.05) is 27.7 Å². The Morgan fingerprint density at radius 1 is 1.04 bits per heavy atom. The number of ether oxygens (including phenoxy) is 1. The number of carboxylic acid groups (broad SMARTS) is 1. The Labute approximate surface area is 159 Å². The van der Waals surface area contributed by atoms with E-state index in [1.165, 1.54) is 0 Å². The van der Waals surface area contributed by atoms with Crippen LogP contribution in [0.1, 0.15) is 48.5 Å². The van der Waals surface area contributed by atoms with Crippen LogP contribution >= 0.6 is 0 Å². The van der Waals surface area contributed by atoms with Crippen molar-refractivity contribution in [1.82, 2.24) is 0 Å². The van der Waals surface area contributed by atoms with E-state index in [-0.39, 0.29) is 11.4 Å². The number of rotatable bonds is 3. The van der Waals surface area contributed by atoms with E-state index < -0.39 is 36.1 Å². The molecule has 1 aromatic rings. The molecule has 2 amide bonds. The molecule has 0 atom stereocenters. The fraction of sp³-hybridized carbons (Fsp3) is 0.556. The minimum absolute atomic E-state index is 0.195. The summed E-state index contributed by atoms with van der Waals surface area (Å²) in [5, 5.41) is 14.0. The highest BCUT2D eigenvalue weighted by Crippen LogP contribution is 2.37. The van der Waals surface area contributed by atoms with Crippen molar-refractivity contribution in [2.75, 3.05) is 10.6 Å². The lowest BCUT2D eigenvalue weighted by Crippen LogP contribution is -2.41. The summed E-state index contributed by atoms with van der Waals surface area (Å²) < 4.78 is 17.2. The monoisotopic (exact) mass is 378 g/mol. The zero-order valence-corrected chi connectivity index (χ0v) is 16.8. The second-order valence-electron chi connectivity index (χ2n) is 8.45. The van der Waals surface area contributed by atoms with Crippen LogP contribution in [0.25, 0.3) is 0 Å². The van der Waals surface area contributed by atoms with Gasteiger partial charge in [-0.3, -0.25) is 10.6 Å². The molecule has 1 aliphatic rings. The topological polar surface area (TPSA) is 106 Å². The molecule has 0 bridgehead atoms. The lowest BCUT2D eigenvalue weighted by Gasteiger charge is -2.32. The number of benzene rings is 1. The van der Waals surface area contributed by atoms with Gasteiger partial charge >= 0.3 is 19.3 Å². The van der Waals surface area contributed by atoms with E-state index in [0.29, 0.717) is 5.46 Å². The third kappa shape index (κ3) is 5.14. The molecule has 2 rings (SSSR count). The van der Waals surface area contributed by atoms with E-state index in [0.717, 1.165) is 0 Å². The highest BCUT2D eigenvalue weighted by molar-refractivity contribution is 6.62. The summed E-state index contributed by atoms with van der Waals surface area (Å²) in [6, 6.07) is 4.86. The average Bonchev–Trinajstić information content (AvgIpc) is 2.66. The summed E-state index contributed by atoms with van der Waals surface area (Å²) in [5.41, 5.74) is -0.621. The van der Waals surface area contributed by atoms with Gasteiger partial charge in [0.15, 0.2) is 0 Å². The van der Waals surface area contributed by atoms with E-state index in [2.05, 4.69) is 10.6 Å². The van der Waals surface area contributed by atoms with Crippen LogP contribution in [0.2, 0.25) is 0 Å². The van der Waals surface area contributed by atoms with Gasteiger partial charge in [0.1, 0.15) is 5.60 Å². The number of amides is 2. The fourth-order valence-electron chi connectivity index (χ4n) is 2.43. The lowest BCUT2D eigenvalue weighted by molar-refractivity contribution is 0.00578. The van der Waals surface area contributed by atoms with Crippen molar-refractivity contribution < 1.29 is 28.7 Å². The van der Waals surface area contributed by atoms with E-state index in [9.17, 15) is 9.59 Å². The second-order valence-corrected chi connectivity index (χ2v) is 8.45. The predicted octanol–water partition coefficient (Wildman–Crippen LogP) is 3.42. The summed E-state index contributed by atoms with van der Waals surface area (Å²) in [4.78, 5) is 23.2. The van der Waals surface area contributed by atoms with Crippen LogP contribution in [-0.2, 0) is 14.0 Å². The van der Waals surface area contributed by atoms with Crippen molar-refractivity contribution in [3.63, 3.8) is 0 Å². The van der Waals surface area contributed by atoms with Gasteiger partial charge in [0.05, 0.1) is 22.6 Å². The Kier molecular flexibility index (Phi) is 5.50. The molecule has 3 N–H and O–H groups in total. The van der Waals surface area contributed by atoms with E-state index in [4.69, 9.17) is 19.2 Å². The first-order valence-electron chi connectivity index (χ1n) is 8.70. The maximum atomic E-state index is 12.0. The average molecular weight is 378 g/mol. The molecule has 0 unspecified atom stereocenters. The Hall–Kier alpha value is -2.26. The van der Waals surface area contributed by atoms with Crippen molar-refractivity contribution >= 4 is 36.1 Å². The fourth-order valence-corrected chi connectivity index (χ4v) is 2.43. The van der Waals surface area contributed by atoms with Crippen LogP contribution in [0, 0.1) is 0 Å². The third-order valence-electron chi connectivity index (χ3n) is 4.45. The van der Waals surface area contributed by atoms with Gasteiger partial charge in [-0.15, -0.1) is 0 Å². The molecule has 0 radical (unpaired) electrons. The molecule has 1 saturated heterocycles. The van der Waals surface area contributed by atoms with Gasteiger partial charge in [-0.1, -0.05) is 6.07 Å². The van der Waals surface area contributed by atoms with Gasteiger partial charge in [0, 0.05) is 0 Å². The molecular weight excluding hydrogens is 351 g/mol. The third-order valence-corrected chi connectivity index (χ3v) is 4.45. The van der Waals surface area contributed by atoms with Crippen LogP contribution in [0.3, 0.4) is 0 Å². The molecule has 1 heterocycles. The standard InChI is InChI=1S/C18H27BN2O6/c1-16(2,3)25-15(24)21-12-9-8-11(10-13(12)20-14(22)23)19-26-17(4,5)18(6,7)27-19/h8-10,20H,1-7H3,(H,21,24)(H,22,23). The first kappa shape index (κ1) is 21.0. The maximum absolute atomic E-state index is 12.0. The molecule has 1 fully saturated rings. The molecule has 0 saturated carbocycles. The zero-order valence-electron chi connectivity index (χ0n) is 16.8. The molecular formula is C18H27BN2O6. The maximum Gasteiger partial charge on any atom is 0.494 e.